The molecule has 4 rings (SSSR count). The van der Waals surface area contributed by atoms with E-state index in [4.69, 9.17) is 5.10 Å². The Balaban J connectivity index is 1.26. The summed E-state index contributed by atoms with van der Waals surface area (Å²) in [6, 6.07) is 2.30. The van der Waals surface area contributed by atoms with Crippen LogP contribution in [0, 0.1) is 17.3 Å². The van der Waals surface area contributed by atoms with Gasteiger partial charge in [0, 0.05) is 39.0 Å². The molecule has 0 radical (unpaired) electrons. The van der Waals surface area contributed by atoms with Gasteiger partial charge in [-0.05, 0) is 76.4 Å². The van der Waals surface area contributed by atoms with Crippen molar-refractivity contribution in [2.24, 2.45) is 24.3 Å². The van der Waals surface area contributed by atoms with Gasteiger partial charge in [0.05, 0.1) is 11.4 Å². The van der Waals surface area contributed by atoms with E-state index in [-0.39, 0.29) is 0 Å². The van der Waals surface area contributed by atoms with Crippen molar-refractivity contribution in [2.45, 2.75) is 63.8 Å². The highest BCUT2D eigenvalue weighted by Crippen LogP contribution is 2.65. The lowest BCUT2D eigenvalue weighted by Gasteiger charge is -2.32. The zero-order chi connectivity index (χ0) is 19.2. The van der Waals surface area contributed by atoms with Gasteiger partial charge < -0.3 is 9.80 Å². The summed E-state index contributed by atoms with van der Waals surface area (Å²) < 4.78 is 2.04. The third-order valence-corrected chi connectivity index (χ3v) is 7.48. The number of aromatic nitrogens is 2. The third kappa shape index (κ3) is 3.80. The van der Waals surface area contributed by atoms with E-state index >= 15 is 0 Å². The molecule has 0 N–H and O–H groups in total. The first-order valence-corrected chi connectivity index (χ1v) is 10.8. The predicted octanol–water partition coefficient (Wildman–Crippen LogP) is 3.40. The largest absolute Gasteiger partial charge is 0.345 e. The Labute approximate surface area is 164 Å². The molecule has 3 aliphatic carbocycles. The summed E-state index contributed by atoms with van der Waals surface area (Å²) >= 11 is 0. The molecular formula is C22H36N4O. The van der Waals surface area contributed by atoms with Crippen molar-refractivity contribution in [2.75, 3.05) is 27.7 Å². The van der Waals surface area contributed by atoms with Crippen LogP contribution in [0.2, 0.25) is 0 Å². The Morgan fingerprint density at radius 2 is 1.93 bits per heavy atom. The van der Waals surface area contributed by atoms with Gasteiger partial charge in [-0.15, -0.1) is 0 Å². The van der Waals surface area contributed by atoms with Crippen LogP contribution in [-0.2, 0) is 18.4 Å². The Morgan fingerprint density at radius 1 is 1.22 bits per heavy atom. The predicted molar refractivity (Wildman–Crippen MR) is 107 cm³/mol. The van der Waals surface area contributed by atoms with Gasteiger partial charge in [-0.2, -0.15) is 5.10 Å². The molecule has 150 valence electrons. The molecular weight excluding hydrogens is 336 g/mol. The van der Waals surface area contributed by atoms with E-state index < -0.39 is 0 Å². The van der Waals surface area contributed by atoms with E-state index in [1.807, 2.05) is 11.7 Å². The monoisotopic (exact) mass is 372 g/mol. The number of rotatable bonds is 6. The second kappa shape index (κ2) is 7.23. The topological polar surface area (TPSA) is 41.4 Å². The van der Waals surface area contributed by atoms with Gasteiger partial charge in [0.15, 0.2) is 0 Å². The fourth-order valence-corrected chi connectivity index (χ4v) is 5.47. The van der Waals surface area contributed by atoms with Crippen LogP contribution < -0.4 is 0 Å². The lowest BCUT2D eigenvalue weighted by atomic mass is 9.79. The van der Waals surface area contributed by atoms with Crippen molar-refractivity contribution in [3.63, 3.8) is 0 Å². The van der Waals surface area contributed by atoms with E-state index in [9.17, 15) is 4.79 Å². The molecule has 1 aromatic heterocycles. The number of aryl methyl sites for hydroxylation is 1. The summed E-state index contributed by atoms with van der Waals surface area (Å²) in [6.07, 6.45) is 9.94. The average Bonchev–Trinajstić information content (AvgIpc) is 3.28. The lowest BCUT2D eigenvalue weighted by Crippen LogP contribution is -2.36. The summed E-state index contributed by atoms with van der Waals surface area (Å²) in [7, 11) is 8.29. The number of hydrogen-bond acceptors (Lipinski definition) is 3. The highest BCUT2D eigenvalue weighted by atomic mass is 16.2. The van der Waals surface area contributed by atoms with Crippen molar-refractivity contribution in [3.05, 3.63) is 17.5 Å². The number of hydrogen-bond donors (Lipinski definition) is 0. The van der Waals surface area contributed by atoms with Crippen LogP contribution in [0.5, 0.6) is 0 Å². The van der Waals surface area contributed by atoms with Gasteiger partial charge >= 0.3 is 0 Å². The van der Waals surface area contributed by atoms with E-state index in [2.05, 4.69) is 37.0 Å². The molecule has 0 saturated heterocycles. The molecule has 0 aromatic carbocycles. The lowest BCUT2D eigenvalue weighted by molar-refractivity contribution is -0.133. The van der Waals surface area contributed by atoms with Gasteiger partial charge in [0.25, 0.3) is 0 Å². The van der Waals surface area contributed by atoms with Crippen molar-refractivity contribution in [1.29, 1.82) is 0 Å². The van der Waals surface area contributed by atoms with Crippen molar-refractivity contribution >= 4 is 5.91 Å². The molecule has 0 aliphatic heterocycles. The van der Waals surface area contributed by atoms with E-state index in [0.717, 1.165) is 19.5 Å². The fourth-order valence-electron chi connectivity index (χ4n) is 5.47. The number of carbonyl (C=O) groups is 1. The van der Waals surface area contributed by atoms with E-state index in [1.54, 1.807) is 0 Å². The van der Waals surface area contributed by atoms with E-state index in [0.29, 0.717) is 29.1 Å². The van der Waals surface area contributed by atoms with Gasteiger partial charge in [-0.1, -0.05) is 6.42 Å². The van der Waals surface area contributed by atoms with Gasteiger partial charge in [-0.3, -0.25) is 9.48 Å². The number of nitrogens with zero attached hydrogens (tertiary/aromatic N) is 4. The van der Waals surface area contributed by atoms with E-state index in [1.165, 1.54) is 56.3 Å². The van der Waals surface area contributed by atoms with Crippen LogP contribution in [0.15, 0.2) is 6.07 Å². The minimum Gasteiger partial charge on any atom is -0.345 e. The Kier molecular flexibility index (Phi) is 5.08. The molecule has 3 aliphatic rings. The van der Waals surface area contributed by atoms with Gasteiger partial charge in [-0.25, -0.2) is 0 Å². The maximum atomic E-state index is 12.7. The van der Waals surface area contributed by atoms with Crippen LogP contribution in [0.25, 0.3) is 0 Å². The fraction of sp³-hybridized carbons (Fsp3) is 0.818. The quantitative estimate of drug-likeness (QED) is 0.768. The second-order valence-electron chi connectivity index (χ2n) is 9.83. The highest BCUT2D eigenvalue weighted by Gasteiger charge is 2.61. The Morgan fingerprint density at radius 3 is 2.48 bits per heavy atom. The SMILES string of the molecule is CN(C)Cc1cc(C2CCC(CN(C)C(=O)[C@H]3CC34CCC4)CC2)nn1C. The zero-order valence-corrected chi connectivity index (χ0v) is 17.6. The smallest absolute Gasteiger partial charge is 0.226 e. The zero-order valence-electron chi connectivity index (χ0n) is 17.6. The minimum atomic E-state index is 0.358. The average molecular weight is 373 g/mol. The molecule has 27 heavy (non-hydrogen) atoms. The first-order valence-electron chi connectivity index (χ1n) is 10.8. The normalized spacial score (nSPS) is 29.0. The molecule has 5 nitrogen and oxygen atoms in total. The summed E-state index contributed by atoms with van der Waals surface area (Å²) in [4.78, 5) is 17.0. The standard InChI is InChI=1S/C22H36N4O/c1-24(2)15-18-12-20(23-26(18)4)17-8-6-16(7-9-17)14-25(3)21(27)19-13-22(19)10-5-11-22/h12,16-17,19H,5-11,13-15H2,1-4H3/t16?,17?,19-/m1/s1. The summed E-state index contributed by atoms with van der Waals surface area (Å²) in [6.45, 7) is 1.89. The second-order valence-corrected chi connectivity index (χ2v) is 9.83. The summed E-state index contributed by atoms with van der Waals surface area (Å²) in [5.41, 5.74) is 3.01. The molecule has 1 aromatic rings. The Bertz CT molecular complexity index is 682. The van der Waals surface area contributed by atoms with Crippen LogP contribution in [-0.4, -0.2) is 53.2 Å². The molecule has 1 atom stereocenters. The molecule has 3 saturated carbocycles. The van der Waals surface area contributed by atoms with Crippen molar-refractivity contribution in [3.8, 4) is 0 Å². The van der Waals surface area contributed by atoms with Crippen molar-refractivity contribution < 1.29 is 4.79 Å². The maximum Gasteiger partial charge on any atom is 0.226 e. The number of amides is 1. The van der Waals surface area contributed by atoms with Gasteiger partial charge in [0.2, 0.25) is 5.91 Å². The molecule has 1 spiro atoms. The van der Waals surface area contributed by atoms with Crippen molar-refractivity contribution in [1.82, 2.24) is 19.6 Å². The highest BCUT2D eigenvalue weighted by molar-refractivity contribution is 5.82. The van der Waals surface area contributed by atoms with Crippen LogP contribution >= 0.6 is 0 Å². The van der Waals surface area contributed by atoms with Crippen LogP contribution in [0.4, 0.5) is 0 Å². The molecule has 0 bridgehead atoms. The first kappa shape index (κ1) is 19.0. The molecule has 5 heteroatoms. The molecule has 3 fully saturated rings. The summed E-state index contributed by atoms with van der Waals surface area (Å²) in [5, 5.41) is 4.79. The molecule has 0 unspecified atom stereocenters. The van der Waals surface area contributed by atoms with Crippen LogP contribution in [0.1, 0.15) is 68.7 Å². The Hall–Kier alpha value is -1.36. The molecule has 1 heterocycles. The van der Waals surface area contributed by atoms with Gasteiger partial charge in [0.1, 0.15) is 0 Å². The molecule has 1 amide bonds. The van der Waals surface area contributed by atoms with Crippen LogP contribution in [0.3, 0.4) is 0 Å². The maximum absolute atomic E-state index is 12.7. The first-order chi connectivity index (χ1) is 12.9. The summed E-state index contributed by atoms with van der Waals surface area (Å²) in [5.74, 6) is 2.04. The third-order valence-electron chi connectivity index (χ3n) is 7.48. The minimum absolute atomic E-state index is 0.358. The number of carbonyl (C=O) groups excluding carboxylic acids is 1.